The third-order valence-corrected chi connectivity index (χ3v) is 5.83. The van der Waals surface area contributed by atoms with Gasteiger partial charge < -0.3 is 5.32 Å². The average Bonchev–Trinajstić information content (AvgIpc) is 2.68. The van der Waals surface area contributed by atoms with Gasteiger partial charge in [0.1, 0.15) is 0 Å². The number of hydrogen-bond acceptors (Lipinski definition) is 3. The van der Waals surface area contributed by atoms with Gasteiger partial charge in [0, 0.05) is 22.0 Å². The highest BCUT2D eigenvalue weighted by atomic mass is 32.2. The summed E-state index contributed by atoms with van der Waals surface area (Å²) in [5, 5.41) is 3.54. The zero-order valence-corrected chi connectivity index (χ0v) is 15.8. The Morgan fingerprint density at radius 1 is 0.720 bits per heavy atom. The molecule has 126 valence electrons. The van der Waals surface area contributed by atoms with Crippen molar-refractivity contribution in [3.05, 3.63) is 107 Å². The van der Waals surface area contributed by atoms with E-state index in [-0.39, 0.29) is 6.04 Å². The molecule has 0 radical (unpaired) electrons. The topological polar surface area (TPSA) is 12.0 Å². The lowest BCUT2D eigenvalue weighted by molar-refractivity contribution is 0.686. The summed E-state index contributed by atoms with van der Waals surface area (Å²) in [6, 6.07) is 31.8. The van der Waals surface area contributed by atoms with Gasteiger partial charge in [-0.05, 0) is 36.8 Å². The van der Waals surface area contributed by atoms with Crippen molar-refractivity contribution < 1.29 is 0 Å². The van der Waals surface area contributed by atoms with Gasteiger partial charge in [-0.15, -0.1) is 0 Å². The molecule has 0 aliphatic heterocycles. The van der Waals surface area contributed by atoms with Crippen molar-refractivity contribution in [2.24, 2.45) is 0 Å². The Morgan fingerprint density at radius 2 is 1.16 bits per heavy atom. The molecular weight excluding hydrogens is 342 g/mol. The zero-order chi connectivity index (χ0) is 17.3. The van der Waals surface area contributed by atoms with Crippen LogP contribution in [0.5, 0.6) is 0 Å². The van der Waals surface area contributed by atoms with Crippen LogP contribution in [0, 0.1) is 0 Å². The lowest BCUT2D eigenvalue weighted by atomic mass is 10.1. The summed E-state index contributed by atoms with van der Waals surface area (Å²) in [5.74, 6) is 0. The van der Waals surface area contributed by atoms with E-state index in [9.17, 15) is 0 Å². The van der Waals surface area contributed by atoms with E-state index < -0.39 is 0 Å². The van der Waals surface area contributed by atoms with Crippen LogP contribution < -0.4 is 5.32 Å². The van der Waals surface area contributed by atoms with Gasteiger partial charge in [-0.25, -0.2) is 0 Å². The average molecular weight is 364 g/mol. The van der Waals surface area contributed by atoms with Gasteiger partial charge in [-0.3, -0.25) is 0 Å². The molecule has 1 nitrogen and oxygen atoms in total. The highest BCUT2D eigenvalue weighted by molar-refractivity contribution is 8.22. The van der Waals surface area contributed by atoms with E-state index in [1.807, 2.05) is 18.2 Å². The first-order valence-electron chi connectivity index (χ1n) is 8.28. The minimum atomic E-state index is 0.268. The fourth-order valence-electron chi connectivity index (χ4n) is 2.32. The summed E-state index contributed by atoms with van der Waals surface area (Å²) in [6.45, 7) is 2.18. The van der Waals surface area contributed by atoms with Crippen molar-refractivity contribution in [1.29, 1.82) is 0 Å². The predicted molar refractivity (Wildman–Crippen MR) is 111 cm³/mol. The standard InChI is InChI=1S/C22H21NS2/c1-18(19-11-5-2-6-12-19)23-17-22(24-20-13-7-3-8-14-20)25-21-15-9-4-10-16-21/h2-18,23H,1H3/t18-/m0/s1. The van der Waals surface area contributed by atoms with Gasteiger partial charge in [0.2, 0.25) is 0 Å². The molecule has 0 bridgehead atoms. The van der Waals surface area contributed by atoms with Crippen molar-refractivity contribution >= 4 is 23.5 Å². The van der Waals surface area contributed by atoms with Crippen LogP contribution in [-0.2, 0) is 0 Å². The Balaban J connectivity index is 1.75. The van der Waals surface area contributed by atoms with Crippen LogP contribution in [0.1, 0.15) is 18.5 Å². The second kappa shape index (κ2) is 9.40. The van der Waals surface area contributed by atoms with Crippen LogP contribution in [0.2, 0.25) is 0 Å². The monoisotopic (exact) mass is 363 g/mol. The molecule has 0 heterocycles. The summed E-state index contributed by atoms with van der Waals surface area (Å²) >= 11 is 3.56. The number of hydrogen-bond donors (Lipinski definition) is 1. The molecule has 1 N–H and O–H groups in total. The molecule has 3 rings (SSSR count). The van der Waals surface area contributed by atoms with Gasteiger partial charge in [-0.2, -0.15) is 0 Å². The highest BCUT2D eigenvalue weighted by Crippen LogP contribution is 2.38. The minimum absolute atomic E-state index is 0.268. The zero-order valence-electron chi connectivity index (χ0n) is 14.1. The van der Waals surface area contributed by atoms with E-state index in [1.54, 1.807) is 23.5 Å². The minimum Gasteiger partial charge on any atom is -0.383 e. The molecule has 0 fully saturated rings. The molecular formula is C22H21NS2. The third kappa shape index (κ3) is 5.73. The smallest absolute Gasteiger partial charge is 0.0655 e. The number of rotatable bonds is 7. The third-order valence-electron chi connectivity index (χ3n) is 3.67. The lowest BCUT2D eigenvalue weighted by Crippen LogP contribution is -2.11. The molecule has 3 aromatic carbocycles. The van der Waals surface area contributed by atoms with Gasteiger partial charge in [0.05, 0.1) is 4.24 Å². The van der Waals surface area contributed by atoms with Crippen molar-refractivity contribution in [1.82, 2.24) is 5.32 Å². The fraction of sp³-hybridized carbons (Fsp3) is 0.0909. The van der Waals surface area contributed by atoms with Gasteiger partial charge in [-0.1, -0.05) is 90.3 Å². The van der Waals surface area contributed by atoms with Gasteiger partial charge >= 0.3 is 0 Å². The second-order valence-corrected chi connectivity index (χ2v) is 8.08. The molecule has 0 saturated carbocycles. The molecule has 0 aliphatic carbocycles. The molecule has 25 heavy (non-hydrogen) atoms. The Kier molecular flexibility index (Phi) is 6.66. The highest BCUT2D eigenvalue weighted by Gasteiger charge is 2.06. The molecule has 0 aromatic heterocycles. The van der Waals surface area contributed by atoms with E-state index in [2.05, 4.69) is 91.2 Å². The van der Waals surface area contributed by atoms with Crippen molar-refractivity contribution in [2.45, 2.75) is 22.8 Å². The van der Waals surface area contributed by atoms with Gasteiger partial charge in [0.15, 0.2) is 0 Å². The Bertz CT molecular complexity index is 743. The summed E-state index contributed by atoms with van der Waals surface area (Å²) in [4.78, 5) is 2.48. The van der Waals surface area contributed by atoms with E-state index in [1.165, 1.54) is 19.6 Å². The molecule has 0 spiro atoms. The van der Waals surface area contributed by atoms with Crippen LogP contribution >= 0.6 is 23.5 Å². The maximum absolute atomic E-state index is 3.54. The first-order chi connectivity index (χ1) is 12.3. The second-order valence-electron chi connectivity index (χ2n) is 5.59. The molecule has 3 heteroatoms. The molecule has 3 aromatic rings. The maximum atomic E-state index is 3.54. The van der Waals surface area contributed by atoms with E-state index in [0.717, 1.165) is 0 Å². The number of nitrogens with one attached hydrogen (secondary N) is 1. The van der Waals surface area contributed by atoms with Crippen LogP contribution in [0.15, 0.2) is 111 Å². The Labute approximate surface area is 158 Å². The lowest BCUT2D eigenvalue weighted by Gasteiger charge is -2.14. The van der Waals surface area contributed by atoms with Crippen LogP contribution in [0.25, 0.3) is 0 Å². The summed E-state index contributed by atoms with van der Waals surface area (Å²) in [5.41, 5.74) is 1.28. The first-order valence-corrected chi connectivity index (χ1v) is 9.91. The normalized spacial score (nSPS) is 11.6. The Morgan fingerprint density at radius 3 is 1.64 bits per heavy atom. The first kappa shape index (κ1) is 17.7. The number of benzene rings is 3. The van der Waals surface area contributed by atoms with Crippen molar-refractivity contribution in [3.8, 4) is 0 Å². The van der Waals surface area contributed by atoms with Crippen LogP contribution in [-0.4, -0.2) is 0 Å². The molecule has 0 unspecified atom stereocenters. The van der Waals surface area contributed by atoms with Crippen LogP contribution in [0.4, 0.5) is 0 Å². The molecule has 1 atom stereocenters. The summed E-state index contributed by atoms with van der Waals surface area (Å²) < 4.78 is 1.22. The molecule has 0 saturated heterocycles. The fourth-order valence-corrected chi connectivity index (χ4v) is 4.37. The molecule has 0 amide bonds. The van der Waals surface area contributed by atoms with Crippen molar-refractivity contribution in [2.75, 3.05) is 0 Å². The van der Waals surface area contributed by atoms with Gasteiger partial charge in [0.25, 0.3) is 0 Å². The summed E-state index contributed by atoms with van der Waals surface area (Å²) in [7, 11) is 0. The maximum Gasteiger partial charge on any atom is 0.0655 e. The number of thioether (sulfide) groups is 2. The van der Waals surface area contributed by atoms with E-state index in [0.29, 0.717) is 0 Å². The SMILES string of the molecule is C[C@H](NC=C(Sc1ccccc1)Sc1ccccc1)c1ccccc1. The molecule has 0 aliphatic rings. The van der Waals surface area contributed by atoms with E-state index >= 15 is 0 Å². The van der Waals surface area contributed by atoms with Crippen molar-refractivity contribution in [3.63, 3.8) is 0 Å². The summed E-state index contributed by atoms with van der Waals surface area (Å²) in [6.07, 6.45) is 2.13. The largest absolute Gasteiger partial charge is 0.383 e. The predicted octanol–water partition coefficient (Wildman–Crippen LogP) is 6.72. The quantitative estimate of drug-likeness (QED) is 0.468. The van der Waals surface area contributed by atoms with Crippen LogP contribution in [0.3, 0.4) is 0 Å². The van der Waals surface area contributed by atoms with E-state index in [4.69, 9.17) is 0 Å². The Hall–Kier alpha value is -2.10.